The van der Waals surface area contributed by atoms with E-state index in [1.54, 1.807) is 64.2 Å². The van der Waals surface area contributed by atoms with Crippen molar-refractivity contribution in [3.63, 3.8) is 0 Å². The maximum atomic E-state index is 15.0. The van der Waals surface area contributed by atoms with Crippen LogP contribution in [0.4, 0.5) is 17.6 Å². The van der Waals surface area contributed by atoms with E-state index in [-0.39, 0.29) is 18.5 Å². The van der Waals surface area contributed by atoms with Gasteiger partial charge in [0, 0.05) is 30.8 Å². The molecule has 3 aliphatic rings. The number of hydrogen-bond donors (Lipinski definition) is 2. The topological polar surface area (TPSA) is 161 Å². The maximum absolute atomic E-state index is 15.0. The van der Waals surface area contributed by atoms with Gasteiger partial charge in [0.2, 0.25) is 11.8 Å². The van der Waals surface area contributed by atoms with E-state index in [0.717, 1.165) is 41.0 Å². The molecule has 316 valence electrons. The molecule has 17 heteroatoms. The molecule has 6 aromatic rings. The summed E-state index contributed by atoms with van der Waals surface area (Å²) in [4.78, 5) is 9.15. The fraction of sp³-hybridized carbons (Fsp3) is 0.409. The standard InChI is InChI=1S/C23H24FN5O.C21H20F3N5O2/c24-23(8-9-26-14-23)15-29-21-11-19(18-5-3-17(12-25)4-6-18)22(28-20(21)13-27-29)30-10-7-16-1-2-16;22-21(23,24)5-7-31-20-17(15-3-1-14(10-25)2-4-15)9-19-18(28-20)12-27-29(19)13-16-11-26-6-8-30-16/h3-6,11,13,16,26H,1-2,7-10,14-15H2;1-4,9,12,16,26H,5-8,11,13H2/t;16-/m.0/s1. The first kappa shape index (κ1) is 41.6. The van der Waals surface area contributed by atoms with Gasteiger partial charge in [-0.1, -0.05) is 37.1 Å². The third-order valence-electron chi connectivity index (χ3n) is 10.9. The molecular formula is C44H44F4N10O3. The minimum absolute atomic E-state index is 0.0436. The van der Waals surface area contributed by atoms with Gasteiger partial charge in [-0.2, -0.15) is 33.9 Å². The van der Waals surface area contributed by atoms with E-state index >= 15 is 4.39 Å². The second-order valence-electron chi connectivity index (χ2n) is 15.6. The predicted molar refractivity (Wildman–Crippen MR) is 218 cm³/mol. The Morgan fingerprint density at radius 1 is 0.803 bits per heavy atom. The van der Waals surface area contributed by atoms with Crippen molar-refractivity contribution in [2.45, 2.75) is 63.1 Å². The Hall–Kier alpha value is -6.14. The fourth-order valence-electron chi connectivity index (χ4n) is 7.37. The monoisotopic (exact) mass is 836 g/mol. The van der Waals surface area contributed by atoms with Crippen molar-refractivity contribution in [3.05, 3.63) is 84.2 Å². The van der Waals surface area contributed by atoms with Crippen molar-refractivity contribution in [3.8, 4) is 46.2 Å². The van der Waals surface area contributed by atoms with Crippen molar-refractivity contribution in [1.29, 1.82) is 10.5 Å². The SMILES string of the molecule is N#Cc1ccc(-c2cc3c(cnn3CC3(F)CCNC3)nc2OCCC2CC2)cc1.N#Cc1ccc(-c2cc3c(cnn3C[C@@H]3CNCCO3)nc2OCCC(F)(F)F)cc1. The third kappa shape index (κ3) is 10.4. The first-order chi connectivity index (χ1) is 29.6. The molecule has 2 aliphatic heterocycles. The molecule has 2 saturated heterocycles. The number of halogens is 4. The molecule has 0 bridgehead atoms. The number of hydrogen-bond acceptors (Lipinski definition) is 11. The zero-order valence-corrected chi connectivity index (χ0v) is 33.3. The van der Waals surface area contributed by atoms with Crippen LogP contribution in [0.15, 0.2) is 73.1 Å². The Morgan fingerprint density at radius 3 is 1.92 bits per heavy atom. The molecule has 3 fully saturated rings. The van der Waals surface area contributed by atoms with Gasteiger partial charge in [-0.05, 0) is 72.8 Å². The lowest BCUT2D eigenvalue weighted by Crippen LogP contribution is -2.40. The van der Waals surface area contributed by atoms with E-state index in [2.05, 4.69) is 31.9 Å². The molecule has 1 unspecified atom stereocenters. The number of rotatable bonds is 13. The van der Waals surface area contributed by atoms with Crippen LogP contribution in [-0.2, 0) is 17.8 Å². The number of aromatic nitrogens is 6. The second-order valence-corrected chi connectivity index (χ2v) is 15.6. The van der Waals surface area contributed by atoms with Crippen molar-refractivity contribution in [1.82, 2.24) is 40.2 Å². The largest absolute Gasteiger partial charge is 0.477 e. The van der Waals surface area contributed by atoms with Gasteiger partial charge in [0.25, 0.3) is 0 Å². The lowest BCUT2D eigenvalue weighted by atomic mass is 10.0. The number of fused-ring (bicyclic) bond motifs is 2. The van der Waals surface area contributed by atoms with Crippen LogP contribution in [0.2, 0.25) is 0 Å². The Bertz CT molecular complexity index is 2530. The van der Waals surface area contributed by atoms with Crippen LogP contribution in [-0.4, -0.2) is 93.5 Å². The molecule has 61 heavy (non-hydrogen) atoms. The molecule has 2 N–H and O–H groups in total. The summed E-state index contributed by atoms with van der Waals surface area (Å²) in [7, 11) is 0. The highest BCUT2D eigenvalue weighted by atomic mass is 19.4. The fourth-order valence-corrected chi connectivity index (χ4v) is 7.37. The molecule has 0 spiro atoms. The number of alkyl halides is 4. The van der Waals surface area contributed by atoms with Crippen LogP contribution < -0.4 is 20.1 Å². The normalized spacial score (nSPS) is 19.0. The predicted octanol–water partition coefficient (Wildman–Crippen LogP) is 7.14. The molecule has 4 aromatic heterocycles. The molecule has 6 heterocycles. The average molecular weight is 837 g/mol. The summed E-state index contributed by atoms with van der Waals surface area (Å²) in [5, 5.41) is 33.3. The van der Waals surface area contributed by atoms with E-state index in [9.17, 15) is 13.2 Å². The summed E-state index contributed by atoms with van der Waals surface area (Å²) < 4.78 is 73.5. The number of nitriles is 2. The number of ether oxygens (including phenoxy) is 3. The molecule has 2 aromatic carbocycles. The quantitative estimate of drug-likeness (QED) is 0.114. The number of nitrogens with zero attached hydrogens (tertiary/aromatic N) is 8. The molecule has 9 rings (SSSR count). The lowest BCUT2D eigenvalue weighted by Gasteiger charge is -2.23. The van der Waals surface area contributed by atoms with Gasteiger partial charge in [-0.25, -0.2) is 14.4 Å². The zero-order valence-electron chi connectivity index (χ0n) is 33.3. The summed E-state index contributed by atoms with van der Waals surface area (Å²) in [6.45, 7) is 3.95. The van der Waals surface area contributed by atoms with Crippen molar-refractivity contribution in [2.75, 3.05) is 46.0 Å². The Labute approximate surface area is 349 Å². The summed E-state index contributed by atoms with van der Waals surface area (Å²) in [5.41, 5.74) is 5.45. The van der Waals surface area contributed by atoms with Crippen LogP contribution in [0.5, 0.6) is 11.8 Å². The smallest absolute Gasteiger partial charge is 0.392 e. The van der Waals surface area contributed by atoms with Crippen LogP contribution in [0.25, 0.3) is 44.3 Å². The number of morpholine rings is 1. The number of benzene rings is 2. The van der Waals surface area contributed by atoms with Crippen molar-refractivity contribution in [2.24, 2.45) is 5.92 Å². The summed E-state index contributed by atoms with van der Waals surface area (Å²) in [6, 6.07) is 22.0. The van der Waals surface area contributed by atoms with E-state index in [1.807, 2.05) is 24.3 Å². The lowest BCUT2D eigenvalue weighted by molar-refractivity contribution is -0.139. The minimum atomic E-state index is -4.32. The summed E-state index contributed by atoms with van der Waals surface area (Å²) >= 11 is 0. The molecule has 1 aliphatic carbocycles. The van der Waals surface area contributed by atoms with Gasteiger partial charge < -0.3 is 24.8 Å². The van der Waals surface area contributed by atoms with E-state index < -0.39 is 24.9 Å². The van der Waals surface area contributed by atoms with E-state index in [1.165, 1.54) is 12.8 Å². The van der Waals surface area contributed by atoms with Crippen molar-refractivity contribution < 1.29 is 31.8 Å². The molecule has 0 amide bonds. The maximum Gasteiger partial charge on any atom is 0.392 e. The second kappa shape index (κ2) is 18.2. The molecule has 13 nitrogen and oxygen atoms in total. The van der Waals surface area contributed by atoms with Gasteiger partial charge in [0.05, 0.1) is 92.1 Å². The third-order valence-corrected chi connectivity index (χ3v) is 10.9. The highest BCUT2D eigenvalue weighted by Gasteiger charge is 2.35. The van der Waals surface area contributed by atoms with Crippen LogP contribution in [0, 0.1) is 28.6 Å². The number of pyridine rings is 2. The van der Waals surface area contributed by atoms with Gasteiger partial charge in [0.1, 0.15) is 16.7 Å². The highest BCUT2D eigenvalue weighted by Crippen LogP contribution is 2.36. The molecule has 0 radical (unpaired) electrons. The Morgan fingerprint density at radius 2 is 1.39 bits per heavy atom. The molecule has 2 atom stereocenters. The van der Waals surface area contributed by atoms with Crippen LogP contribution in [0.3, 0.4) is 0 Å². The Kier molecular flexibility index (Phi) is 12.4. The van der Waals surface area contributed by atoms with Crippen molar-refractivity contribution >= 4 is 22.1 Å². The van der Waals surface area contributed by atoms with Gasteiger partial charge in [-0.3, -0.25) is 9.36 Å². The average Bonchev–Trinajstić information content (AvgIpc) is 3.67. The molecular weight excluding hydrogens is 793 g/mol. The zero-order chi connectivity index (χ0) is 42.4. The highest BCUT2D eigenvalue weighted by molar-refractivity contribution is 5.85. The number of nitrogens with one attached hydrogen (secondary N) is 2. The van der Waals surface area contributed by atoms with E-state index in [0.29, 0.717) is 85.0 Å². The van der Waals surface area contributed by atoms with Gasteiger partial charge in [0.15, 0.2) is 0 Å². The summed E-state index contributed by atoms with van der Waals surface area (Å²) in [5.74, 6) is 1.43. The Balaban J connectivity index is 0.000000168. The minimum Gasteiger partial charge on any atom is -0.477 e. The van der Waals surface area contributed by atoms with Crippen LogP contribution in [0.1, 0.15) is 43.2 Å². The summed E-state index contributed by atoms with van der Waals surface area (Å²) in [6.07, 6.45) is 1.87. The first-order valence-corrected chi connectivity index (χ1v) is 20.3. The molecule has 1 saturated carbocycles. The van der Waals surface area contributed by atoms with Gasteiger partial charge in [-0.15, -0.1) is 0 Å². The van der Waals surface area contributed by atoms with Crippen LogP contribution >= 0.6 is 0 Å². The first-order valence-electron chi connectivity index (χ1n) is 20.3. The van der Waals surface area contributed by atoms with E-state index in [4.69, 9.17) is 29.7 Å². The van der Waals surface area contributed by atoms with Gasteiger partial charge >= 0.3 is 6.18 Å².